The van der Waals surface area contributed by atoms with Gasteiger partial charge in [-0.1, -0.05) is 155 Å². The fraction of sp³-hybridized carbons (Fsp3) is 0.943. The van der Waals surface area contributed by atoms with Gasteiger partial charge in [-0.15, -0.1) is 6.58 Å². The van der Waals surface area contributed by atoms with E-state index >= 15 is 0 Å². The van der Waals surface area contributed by atoms with Crippen LogP contribution >= 0.6 is 0 Å². The minimum atomic E-state index is 1.02. The van der Waals surface area contributed by atoms with E-state index in [0.717, 1.165) is 5.92 Å². The second-order valence-corrected chi connectivity index (χ2v) is 12.1. The van der Waals surface area contributed by atoms with Crippen LogP contribution in [-0.4, -0.2) is 24.5 Å². The van der Waals surface area contributed by atoms with Gasteiger partial charge < -0.3 is 4.90 Å². The Balaban J connectivity index is 3.98. The van der Waals surface area contributed by atoms with Gasteiger partial charge in [-0.3, -0.25) is 0 Å². The molecule has 0 radical (unpaired) electrons. The predicted molar refractivity (Wildman–Crippen MR) is 167 cm³/mol. The SMILES string of the molecule is C=C(C)CCCCCCN(CCCC)CCCCCCCC(CCCCCC)CCCCCCCC. The predicted octanol–water partition coefficient (Wildman–Crippen LogP) is 12.3. The normalized spacial score (nSPS) is 12.5. The molecule has 0 aromatic carbocycles. The van der Waals surface area contributed by atoms with Gasteiger partial charge in [0.05, 0.1) is 0 Å². The lowest BCUT2D eigenvalue weighted by molar-refractivity contribution is 0.256. The van der Waals surface area contributed by atoms with Crippen molar-refractivity contribution >= 4 is 0 Å². The monoisotopic (exact) mass is 506 g/mol. The van der Waals surface area contributed by atoms with E-state index in [-0.39, 0.29) is 0 Å². The van der Waals surface area contributed by atoms with Gasteiger partial charge in [-0.05, 0) is 64.6 Å². The van der Waals surface area contributed by atoms with Crippen LogP contribution < -0.4 is 0 Å². The van der Waals surface area contributed by atoms with E-state index in [1.165, 1.54) is 186 Å². The Hall–Kier alpha value is -0.300. The van der Waals surface area contributed by atoms with Gasteiger partial charge in [0, 0.05) is 0 Å². The Morgan fingerprint density at radius 2 is 0.833 bits per heavy atom. The van der Waals surface area contributed by atoms with Crippen molar-refractivity contribution in [3.63, 3.8) is 0 Å². The van der Waals surface area contributed by atoms with Gasteiger partial charge in [0.25, 0.3) is 0 Å². The number of rotatable bonds is 30. The molecule has 0 aromatic rings. The summed E-state index contributed by atoms with van der Waals surface area (Å²) in [7, 11) is 0. The van der Waals surface area contributed by atoms with Crippen molar-refractivity contribution < 1.29 is 0 Å². The summed E-state index contributed by atoms with van der Waals surface area (Å²) in [5, 5.41) is 0. The lowest BCUT2D eigenvalue weighted by Crippen LogP contribution is -2.27. The summed E-state index contributed by atoms with van der Waals surface area (Å²) in [5.41, 5.74) is 1.35. The third kappa shape index (κ3) is 26.8. The average Bonchev–Trinajstić information content (AvgIpc) is 2.87. The van der Waals surface area contributed by atoms with Crippen LogP contribution in [0.3, 0.4) is 0 Å². The summed E-state index contributed by atoms with van der Waals surface area (Å²) in [6, 6.07) is 0. The van der Waals surface area contributed by atoms with Crippen LogP contribution in [0.5, 0.6) is 0 Å². The molecule has 1 unspecified atom stereocenters. The average molecular weight is 506 g/mol. The number of nitrogens with zero attached hydrogens (tertiary/aromatic N) is 1. The van der Waals surface area contributed by atoms with Crippen LogP contribution in [0.4, 0.5) is 0 Å². The van der Waals surface area contributed by atoms with E-state index in [0.29, 0.717) is 0 Å². The Morgan fingerprint density at radius 1 is 0.472 bits per heavy atom. The maximum absolute atomic E-state index is 4.04. The fourth-order valence-electron chi connectivity index (χ4n) is 5.64. The topological polar surface area (TPSA) is 3.24 Å². The lowest BCUT2D eigenvalue weighted by Gasteiger charge is -2.22. The Morgan fingerprint density at radius 3 is 1.31 bits per heavy atom. The molecule has 0 saturated carbocycles. The van der Waals surface area contributed by atoms with E-state index in [1.54, 1.807) is 0 Å². The van der Waals surface area contributed by atoms with Gasteiger partial charge in [0.2, 0.25) is 0 Å². The standard InChI is InChI=1S/C35H71N/c1-6-9-12-14-16-23-29-35(28-22-13-10-7-2)30-24-17-15-19-25-32-36(31-11-8-3)33-26-20-18-21-27-34(4)5/h35H,4,6-33H2,1-3,5H3. The van der Waals surface area contributed by atoms with Crippen molar-refractivity contribution in [2.24, 2.45) is 5.92 Å². The summed E-state index contributed by atoms with van der Waals surface area (Å²) in [6.07, 6.45) is 35.7. The second kappa shape index (κ2) is 29.3. The molecule has 0 N–H and O–H groups in total. The maximum atomic E-state index is 4.04. The van der Waals surface area contributed by atoms with Gasteiger partial charge in [0.1, 0.15) is 0 Å². The summed E-state index contributed by atoms with van der Waals surface area (Å²) in [4.78, 5) is 2.77. The number of hydrogen-bond donors (Lipinski definition) is 0. The molecule has 36 heavy (non-hydrogen) atoms. The van der Waals surface area contributed by atoms with Gasteiger partial charge >= 0.3 is 0 Å². The van der Waals surface area contributed by atoms with Gasteiger partial charge in [-0.2, -0.15) is 0 Å². The molecule has 0 aliphatic carbocycles. The molecule has 0 spiro atoms. The molecule has 1 atom stereocenters. The molecule has 0 heterocycles. The summed E-state index contributed by atoms with van der Waals surface area (Å²) in [5.74, 6) is 1.02. The van der Waals surface area contributed by atoms with E-state index in [4.69, 9.17) is 0 Å². The zero-order valence-corrected chi connectivity index (χ0v) is 26.0. The molecule has 1 heteroatoms. The summed E-state index contributed by atoms with van der Waals surface area (Å²) < 4.78 is 0. The first-order valence-electron chi connectivity index (χ1n) is 17.0. The van der Waals surface area contributed by atoms with Gasteiger partial charge in [0.15, 0.2) is 0 Å². The van der Waals surface area contributed by atoms with Crippen molar-refractivity contribution in [1.29, 1.82) is 0 Å². The van der Waals surface area contributed by atoms with E-state index < -0.39 is 0 Å². The molecule has 0 aliphatic heterocycles. The van der Waals surface area contributed by atoms with Crippen molar-refractivity contribution in [2.45, 2.75) is 188 Å². The Labute approximate surface area is 230 Å². The minimum absolute atomic E-state index is 1.02. The molecule has 0 aromatic heterocycles. The van der Waals surface area contributed by atoms with Crippen molar-refractivity contribution in [2.75, 3.05) is 19.6 Å². The minimum Gasteiger partial charge on any atom is -0.303 e. The van der Waals surface area contributed by atoms with E-state index in [9.17, 15) is 0 Å². The zero-order chi connectivity index (χ0) is 26.5. The first-order valence-corrected chi connectivity index (χ1v) is 17.0. The molecule has 0 rings (SSSR count). The molecular formula is C35H71N. The van der Waals surface area contributed by atoms with Crippen LogP contribution in [0.25, 0.3) is 0 Å². The molecule has 0 bridgehead atoms. The van der Waals surface area contributed by atoms with Crippen LogP contribution in [0.1, 0.15) is 188 Å². The summed E-state index contributed by atoms with van der Waals surface area (Å²) >= 11 is 0. The number of unbranched alkanes of at least 4 members (excludes halogenated alkanes) is 16. The number of allylic oxidation sites excluding steroid dienone is 1. The third-order valence-corrected chi connectivity index (χ3v) is 8.17. The molecule has 216 valence electrons. The Kier molecular flexibility index (Phi) is 29.0. The number of hydrogen-bond acceptors (Lipinski definition) is 1. The largest absolute Gasteiger partial charge is 0.303 e. The second-order valence-electron chi connectivity index (χ2n) is 12.1. The van der Waals surface area contributed by atoms with Crippen LogP contribution in [0.2, 0.25) is 0 Å². The van der Waals surface area contributed by atoms with Crippen molar-refractivity contribution in [3.8, 4) is 0 Å². The smallest absolute Gasteiger partial charge is 0.00187 e. The van der Waals surface area contributed by atoms with Crippen LogP contribution in [0, 0.1) is 5.92 Å². The molecule has 0 saturated heterocycles. The van der Waals surface area contributed by atoms with Gasteiger partial charge in [-0.25, -0.2) is 0 Å². The highest BCUT2D eigenvalue weighted by atomic mass is 15.1. The van der Waals surface area contributed by atoms with E-state index in [1.807, 2.05) is 0 Å². The van der Waals surface area contributed by atoms with Crippen LogP contribution in [-0.2, 0) is 0 Å². The highest BCUT2D eigenvalue weighted by Gasteiger charge is 2.09. The quantitative estimate of drug-likeness (QED) is 0.0692. The van der Waals surface area contributed by atoms with Crippen LogP contribution in [0.15, 0.2) is 12.2 Å². The van der Waals surface area contributed by atoms with E-state index in [2.05, 4.69) is 39.2 Å². The molecule has 0 aliphatic rings. The first-order chi connectivity index (χ1) is 17.6. The maximum Gasteiger partial charge on any atom is -0.00187 e. The molecule has 0 amide bonds. The highest BCUT2D eigenvalue weighted by molar-refractivity contribution is 4.87. The summed E-state index contributed by atoms with van der Waals surface area (Å²) in [6.45, 7) is 17.2. The molecular weight excluding hydrogens is 434 g/mol. The lowest BCUT2D eigenvalue weighted by atomic mass is 9.89. The molecule has 0 fully saturated rings. The first kappa shape index (κ1) is 35.7. The van der Waals surface area contributed by atoms with Crippen molar-refractivity contribution in [3.05, 3.63) is 12.2 Å². The van der Waals surface area contributed by atoms with Crippen molar-refractivity contribution in [1.82, 2.24) is 4.90 Å². The molecule has 1 nitrogen and oxygen atoms in total. The zero-order valence-electron chi connectivity index (χ0n) is 26.0. The third-order valence-electron chi connectivity index (χ3n) is 8.17. The highest BCUT2D eigenvalue weighted by Crippen LogP contribution is 2.24. The fourth-order valence-corrected chi connectivity index (χ4v) is 5.64. The Bertz CT molecular complexity index is 428.